The first kappa shape index (κ1) is 6.66. The lowest BCUT2D eigenvalue weighted by Gasteiger charge is -2.77. The summed E-state index contributed by atoms with van der Waals surface area (Å²) >= 11 is 0. The van der Waals surface area contributed by atoms with Crippen LogP contribution in [0.4, 0.5) is 0 Å². The van der Waals surface area contributed by atoms with Crippen LogP contribution < -0.4 is 0 Å². The van der Waals surface area contributed by atoms with E-state index in [1.165, 1.54) is 0 Å². The molecule has 14 heavy (non-hydrogen) atoms. The van der Waals surface area contributed by atoms with Crippen LogP contribution >= 0.6 is 0 Å². The summed E-state index contributed by atoms with van der Waals surface area (Å²) in [6.07, 6.45) is 3.11. The molecule has 0 aromatic heterocycles. The first-order chi connectivity index (χ1) is 6.97. The Kier molecular flexibility index (Phi) is 0.857. The second-order valence-electron chi connectivity index (χ2n) is 5.74. The molecule has 3 fully saturated rings. The van der Waals surface area contributed by atoms with Crippen molar-refractivity contribution in [2.45, 2.75) is 24.7 Å². The summed E-state index contributed by atoms with van der Waals surface area (Å²) in [6.45, 7) is 0. The molecule has 1 aromatic rings. The SMILES string of the molecule is c1ccc2c(c1)C1C2C2C3CCC3C12. The van der Waals surface area contributed by atoms with E-state index in [0.29, 0.717) is 0 Å². The fourth-order valence-corrected chi connectivity index (χ4v) is 5.10. The maximum absolute atomic E-state index is 2.37. The van der Waals surface area contributed by atoms with Gasteiger partial charge >= 0.3 is 0 Å². The summed E-state index contributed by atoms with van der Waals surface area (Å²) in [6, 6.07) is 9.19. The zero-order valence-corrected chi connectivity index (χ0v) is 8.19. The summed E-state index contributed by atoms with van der Waals surface area (Å²) in [4.78, 5) is 0. The van der Waals surface area contributed by atoms with Gasteiger partial charge in [0.15, 0.2) is 0 Å². The molecule has 0 amide bonds. The molecule has 70 valence electrons. The molecule has 4 aliphatic rings. The smallest absolute Gasteiger partial charge is 0.00532 e. The average molecular weight is 182 g/mol. The predicted octanol–water partition coefficient (Wildman–Crippen LogP) is 3.15. The minimum atomic E-state index is 1.01. The lowest BCUT2D eigenvalue weighted by atomic mass is 9.27. The van der Waals surface area contributed by atoms with Crippen molar-refractivity contribution >= 4 is 0 Å². The fourth-order valence-electron chi connectivity index (χ4n) is 5.10. The van der Waals surface area contributed by atoms with E-state index in [9.17, 15) is 0 Å². The second-order valence-corrected chi connectivity index (χ2v) is 5.74. The zero-order valence-electron chi connectivity index (χ0n) is 8.19. The van der Waals surface area contributed by atoms with Crippen molar-refractivity contribution in [2.24, 2.45) is 23.7 Å². The van der Waals surface area contributed by atoms with Crippen LogP contribution in [0.3, 0.4) is 0 Å². The number of hydrogen-bond donors (Lipinski definition) is 0. The number of benzene rings is 1. The van der Waals surface area contributed by atoms with E-state index in [-0.39, 0.29) is 0 Å². The summed E-state index contributed by atoms with van der Waals surface area (Å²) in [5, 5.41) is 0. The lowest BCUT2D eigenvalue weighted by Crippen LogP contribution is -2.69. The van der Waals surface area contributed by atoms with Gasteiger partial charge in [0.1, 0.15) is 0 Å². The highest BCUT2D eigenvalue weighted by Crippen LogP contribution is 2.81. The molecule has 4 aliphatic carbocycles. The molecule has 0 saturated heterocycles. The van der Waals surface area contributed by atoms with Gasteiger partial charge in [-0.15, -0.1) is 0 Å². The van der Waals surface area contributed by atoms with Gasteiger partial charge in [0.2, 0.25) is 0 Å². The molecule has 0 spiro atoms. The van der Waals surface area contributed by atoms with Crippen LogP contribution in [0.5, 0.6) is 0 Å². The first-order valence-corrected chi connectivity index (χ1v) is 6.05. The van der Waals surface area contributed by atoms with E-state index in [4.69, 9.17) is 0 Å². The number of rotatable bonds is 0. The molecule has 0 bridgehead atoms. The third-order valence-corrected chi connectivity index (χ3v) is 5.75. The molecule has 0 nitrogen and oxygen atoms in total. The van der Waals surface area contributed by atoms with Crippen molar-refractivity contribution in [1.29, 1.82) is 0 Å². The monoisotopic (exact) mass is 182 g/mol. The molecular weight excluding hydrogens is 168 g/mol. The molecule has 6 atom stereocenters. The average Bonchev–Trinajstić information content (AvgIpc) is 2.15. The molecule has 0 radical (unpaired) electrons. The lowest BCUT2D eigenvalue weighted by molar-refractivity contribution is -0.210. The van der Waals surface area contributed by atoms with Crippen molar-refractivity contribution < 1.29 is 0 Å². The normalized spacial score (nSPS) is 54.6. The minimum absolute atomic E-state index is 1.01. The summed E-state index contributed by atoms with van der Waals surface area (Å²) in [5.74, 6) is 6.61. The Bertz CT molecular complexity index is 392. The van der Waals surface area contributed by atoms with E-state index in [2.05, 4.69) is 24.3 Å². The van der Waals surface area contributed by atoms with E-state index >= 15 is 0 Å². The maximum Gasteiger partial charge on any atom is -0.00532 e. The largest absolute Gasteiger partial charge is 0.0620 e. The molecule has 0 heterocycles. The molecule has 0 heteroatoms. The van der Waals surface area contributed by atoms with Crippen molar-refractivity contribution in [3.63, 3.8) is 0 Å². The highest BCUT2D eigenvalue weighted by Gasteiger charge is 2.72. The van der Waals surface area contributed by atoms with Crippen LogP contribution in [-0.2, 0) is 0 Å². The Labute approximate surface area is 84.3 Å². The topological polar surface area (TPSA) is 0 Å². The van der Waals surface area contributed by atoms with Gasteiger partial charge in [-0.1, -0.05) is 24.3 Å². The van der Waals surface area contributed by atoms with Crippen molar-refractivity contribution in [2.75, 3.05) is 0 Å². The van der Waals surface area contributed by atoms with E-state index < -0.39 is 0 Å². The number of fused-ring (bicyclic) bond motifs is 10. The third-order valence-electron chi connectivity index (χ3n) is 5.75. The Morgan fingerprint density at radius 1 is 0.786 bits per heavy atom. The molecular formula is C14H14. The molecule has 3 saturated carbocycles. The Morgan fingerprint density at radius 2 is 1.29 bits per heavy atom. The van der Waals surface area contributed by atoms with Gasteiger partial charge in [-0.3, -0.25) is 0 Å². The summed E-state index contributed by atoms with van der Waals surface area (Å²) in [5.41, 5.74) is 3.42. The second kappa shape index (κ2) is 1.80. The minimum Gasteiger partial charge on any atom is -0.0620 e. The zero-order chi connectivity index (χ0) is 8.86. The van der Waals surface area contributed by atoms with Gasteiger partial charge in [-0.05, 0) is 59.5 Å². The van der Waals surface area contributed by atoms with Crippen LogP contribution in [0, 0.1) is 23.7 Å². The van der Waals surface area contributed by atoms with Crippen LogP contribution in [0.25, 0.3) is 0 Å². The van der Waals surface area contributed by atoms with E-state index in [1.54, 1.807) is 24.0 Å². The molecule has 5 rings (SSSR count). The third kappa shape index (κ3) is 0.447. The molecule has 1 aromatic carbocycles. The summed E-state index contributed by atoms with van der Waals surface area (Å²) in [7, 11) is 0. The van der Waals surface area contributed by atoms with Gasteiger partial charge < -0.3 is 0 Å². The fraction of sp³-hybridized carbons (Fsp3) is 0.571. The molecule has 0 N–H and O–H groups in total. The first-order valence-electron chi connectivity index (χ1n) is 6.05. The highest BCUT2D eigenvalue weighted by molar-refractivity contribution is 5.53. The molecule has 0 aliphatic heterocycles. The van der Waals surface area contributed by atoms with Gasteiger partial charge in [0.25, 0.3) is 0 Å². The quantitative estimate of drug-likeness (QED) is 0.541. The van der Waals surface area contributed by atoms with Crippen LogP contribution in [0.15, 0.2) is 24.3 Å². The number of hydrogen-bond acceptors (Lipinski definition) is 0. The maximum atomic E-state index is 2.37. The van der Waals surface area contributed by atoms with Gasteiger partial charge in [-0.2, -0.15) is 0 Å². The predicted molar refractivity (Wildman–Crippen MR) is 55.1 cm³/mol. The van der Waals surface area contributed by atoms with Crippen molar-refractivity contribution in [3.8, 4) is 0 Å². The van der Waals surface area contributed by atoms with Gasteiger partial charge in [0.05, 0.1) is 0 Å². The van der Waals surface area contributed by atoms with Crippen molar-refractivity contribution in [1.82, 2.24) is 0 Å². The summed E-state index contributed by atoms with van der Waals surface area (Å²) < 4.78 is 0. The van der Waals surface area contributed by atoms with E-state index in [0.717, 1.165) is 35.5 Å². The van der Waals surface area contributed by atoms with Crippen molar-refractivity contribution in [3.05, 3.63) is 35.4 Å². The van der Waals surface area contributed by atoms with Gasteiger partial charge in [-0.25, -0.2) is 0 Å². The Morgan fingerprint density at radius 3 is 1.71 bits per heavy atom. The van der Waals surface area contributed by atoms with Crippen LogP contribution in [-0.4, -0.2) is 0 Å². The Balaban J connectivity index is 1.64. The standard InChI is InChI=1S/C14H14/c1-2-4-8-7(3-1)11-12(8)14-10-6-5-9(10)13(11)14/h1-4,9-14H,5-6H2. The Hall–Kier alpha value is -0.780. The van der Waals surface area contributed by atoms with Crippen LogP contribution in [0.1, 0.15) is 35.8 Å². The van der Waals surface area contributed by atoms with Crippen LogP contribution in [0.2, 0.25) is 0 Å². The molecule has 6 unspecified atom stereocenters. The highest BCUT2D eigenvalue weighted by atomic mass is 14.8. The van der Waals surface area contributed by atoms with E-state index in [1.807, 2.05) is 0 Å². The van der Waals surface area contributed by atoms with Gasteiger partial charge in [0, 0.05) is 0 Å².